The van der Waals surface area contributed by atoms with Gasteiger partial charge in [-0.3, -0.25) is 0 Å². The van der Waals surface area contributed by atoms with Crippen LogP contribution < -0.4 is 0 Å². The Balaban J connectivity index is 2.18. The summed E-state index contributed by atoms with van der Waals surface area (Å²) in [6.45, 7) is 2.22. The number of rotatable bonds is 2. The van der Waals surface area contributed by atoms with Gasteiger partial charge in [0.05, 0.1) is 17.5 Å². The zero-order valence-corrected chi connectivity index (χ0v) is 11.2. The second-order valence-electron chi connectivity index (χ2n) is 5.52. The molecule has 0 spiro atoms. The average Bonchev–Trinajstić information content (AvgIpc) is 2.29. The van der Waals surface area contributed by atoms with E-state index in [1.54, 1.807) is 6.92 Å². The molecular weight excluding hydrogens is 240 g/mol. The minimum Gasteiger partial charge on any atom is -0.389 e. The molecule has 0 bridgehead atoms. The number of hydrogen-bond donors (Lipinski definition) is 1. The van der Waals surface area contributed by atoms with Gasteiger partial charge < -0.3 is 9.84 Å². The first-order valence-corrected chi connectivity index (χ1v) is 8.08. The van der Waals surface area contributed by atoms with Crippen molar-refractivity contribution in [1.29, 1.82) is 0 Å². The van der Waals surface area contributed by atoms with E-state index in [-0.39, 0.29) is 11.9 Å². The lowest BCUT2D eigenvalue weighted by Crippen LogP contribution is -2.54. The van der Waals surface area contributed by atoms with Crippen molar-refractivity contribution in [1.82, 2.24) is 0 Å². The predicted molar refractivity (Wildman–Crippen MR) is 65.6 cm³/mol. The standard InChI is InChI=1S/C12H22O4S/c1-12(13)7-8-16-9-11(12)17(14,15)10-5-3-2-4-6-10/h10-11,13H,2-9H2,1H3. The van der Waals surface area contributed by atoms with Gasteiger partial charge in [0.1, 0.15) is 5.25 Å². The second-order valence-corrected chi connectivity index (χ2v) is 7.93. The summed E-state index contributed by atoms with van der Waals surface area (Å²) >= 11 is 0. The van der Waals surface area contributed by atoms with E-state index in [0.717, 1.165) is 32.1 Å². The van der Waals surface area contributed by atoms with Gasteiger partial charge in [-0.2, -0.15) is 0 Å². The normalized spacial score (nSPS) is 36.9. The zero-order valence-electron chi connectivity index (χ0n) is 10.4. The van der Waals surface area contributed by atoms with Crippen LogP contribution >= 0.6 is 0 Å². The Bertz CT molecular complexity index is 355. The van der Waals surface area contributed by atoms with Gasteiger partial charge in [0.2, 0.25) is 0 Å². The largest absolute Gasteiger partial charge is 0.389 e. The molecule has 1 N–H and O–H groups in total. The molecule has 2 rings (SSSR count). The first-order valence-electron chi connectivity index (χ1n) is 6.47. The van der Waals surface area contributed by atoms with E-state index < -0.39 is 20.7 Å². The Morgan fingerprint density at radius 3 is 2.47 bits per heavy atom. The molecular formula is C12H22O4S. The maximum absolute atomic E-state index is 12.5. The third-order valence-electron chi connectivity index (χ3n) is 4.13. The Morgan fingerprint density at radius 1 is 1.24 bits per heavy atom. The molecule has 1 heterocycles. The summed E-state index contributed by atoms with van der Waals surface area (Å²) in [5, 5.41) is 9.23. The van der Waals surface area contributed by atoms with Crippen molar-refractivity contribution in [2.24, 2.45) is 0 Å². The van der Waals surface area contributed by atoms with Crippen LogP contribution in [0, 0.1) is 0 Å². The molecule has 100 valence electrons. The van der Waals surface area contributed by atoms with Gasteiger partial charge in [-0.05, 0) is 19.8 Å². The number of ether oxygens (including phenoxy) is 1. The third kappa shape index (κ3) is 2.66. The van der Waals surface area contributed by atoms with Crippen LogP contribution in [0.3, 0.4) is 0 Å². The molecule has 4 nitrogen and oxygen atoms in total. The van der Waals surface area contributed by atoms with E-state index in [2.05, 4.69) is 0 Å². The number of aliphatic hydroxyl groups is 1. The molecule has 2 unspecified atom stereocenters. The number of hydrogen-bond acceptors (Lipinski definition) is 4. The van der Waals surface area contributed by atoms with Crippen LogP contribution in [-0.4, -0.2) is 42.8 Å². The van der Waals surface area contributed by atoms with Gasteiger partial charge in [0.15, 0.2) is 9.84 Å². The molecule has 0 aromatic heterocycles. The molecule has 0 aromatic rings. The molecule has 2 atom stereocenters. The fourth-order valence-corrected chi connectivity index (χ4v) is 5.45. The summed E-state index contributed by atoms with van der Waals surface area (Å²) in [6.07, 6.45) is 5.00. The zero-order chi connectivity index (χ0) is 12.5. The number of sulfone groups is 1. The van der Waals surface area contributed by atoms with Crippen molar-refractivity contribution in [2.45, 2.75) is 61.5 Å². The molecule has 1 aliphatic heterocycles. The van der Waals surface area contributed by atoms with Crippen molar-refractivity contribution in [3.8, 4) is 0 Å². The summed E-state index contributed by atoms with van der Waals surface area (Å²) < 4.78 is 30.3. The van der Waals surface area contributed by atoms with Crippen LogP contribution in [0.5, 0.6) is 0 Å². The van der Waals surface area contributed by atoms with E-state index in [0.29, 0.717) is 13.0 Å². The lowest BCUT2D eigenvalue weighted by Gasteiger charge is -2.38. The summed E-state index contributed by atoms with van der Waals surface area (Å²) in [6, 6.07) is 0. The summed E-state index contributed by atoms with van der Waals surface area (Å²) in [5.74, 6) is 0. The SMILES string of the molecule is CC1(O)CCOCC1S(=O)(=O)C1CCCCC1. The fraction of sp³-hybridized carbons (Fsp3) is 1.00. The van der Waals surface area contributed by atoms with Crippen LogP contribution in [0.15, 0.2) is 0 Å². The lowest BCUT2D eigenvalue weighted by molar-refractivity contribution is -0.0469. The Morgan fingerprint density at radius 2 is 1.88 bits per heavy atom. The highest BCUT2D eigenvalue weighted by molar-refractivity contribution is 7.92. The molecule has 2 fully saturated rings. The van der Waals surface area contributed by atoms with Crippen molar-refractivity contribution in [3.05, 3.63) is 0 Å². The van der Waals surface area contributed by atoms with Crippen LogP contribution in [-0.2, 0) is 14.6 Å². The van der Waals surface area contributed by atoms with Gasteiger partial charge in [-0.1, -0.05) is 19.3 Å². The van der Waals surface area contributed by atoms with Crippen LogP contribution in [0.1, 0.15) is 45.4 Å². The first kappa shape index (κ1) is 13.3. The summed E-state index contributed by atoms with van der Waals surface area (Å²) in [7, 11) is -3.27. The van der Waals surface area contributed by atoms with Gasteiger partial charge >= 0.3 is 0 Å². The monoisotopic (exact) mass is 262 g/mol. The molecule has 0 aromatic carbocycles. The van der Waals surface area contributed by atoms with Crippen molar-refractivity contribution in [3.63, 3.8) is 0 Å². The van der Waals surface area contributed by atoms with E-state index in [1.807, 2.05) is 0 Å². The smallest absolute Gasteiger partial charge is 0.161 e. The van der Waals surface area contributed by atoms with E-state index in [4.69, 9.17) is 4.74 Å². The Hall–Kier alpha value is -0.130. The molecule has 17 heavy (non-hydrogen) atoms. The van der Waals surface area contributed by atoms with Crippen molar-refractivity contribution >= 4 is 9.84 Å². The van der Waals surface area contributed by atoms with Gasteiger partial charge in [0.25, 0.3) is 0 Å². The van der Waals surface area contributed by atoms with Crippen LogP contribution in [0.25, 0.3) is 0 Å². The molecule has 1 saturated heterocycles. The molecule has 0 amide bonds. The first-order chi connectivity index (χ1) is 7.94. The molecule has 1 aliphatic carbocycles. The topological polar surface area (TPSA) is 63.6 Å². The van der Waals surface area contributed by atoms with E-state index >= 15 is 0 Å². The summed E-state index contributed by atoms with van der Waals surface area (Å²) in [5.41, 5.74) is -1.13. The highest BCUT2D eigenvalue weighted by Gasteiger charge is 2.47. The maximum atomic E-state index is 12.5. The predicted octanol–water partition coefficient (Wildman–Crippen LogP) is 1.27. The minimum absolute atomic E-state index is 0.145. The lowest BCUT2D eigenvalue weighted by atomic mass is 9.97. The molecule has 1 saturated carbocycles. The highest BCUT2D eigenvalue weighted by Crippen LogP contribution is 2.33. The Labute approximate surface area is 103 Å². The van der Waals surface area contributed by atoms with Crippen LogP contribution in [0.2, 0.25) is 0 Å². The van der Waals surface area contributed by atoms with Crippen molar-refractivity contribution < 1.29 is 18.3 Å². The Kier molecular flexibility index (Phi) is 3.80. The third-order valence-corrected chi connectivity index (χ3v) is 6.97. The minimum atomic E-state index is -3.27. The van der Waals surface area contributed by atoms with E-state index in [9.17, 15) is 13.5 Å². The van der Waals surface area contributed by atoms with Crippen LogP contribution in [0.4, 0.5) is 0 Å². The fourth-order valence-electron chi connectivity index (χ4n) is 2.88. The van der Waals surface area contributed by atoms with Gasteiger partial charge in [-0.25, -0.2) is 8.42 Å². The molecule has 2 aliphatic rings. The quantitative estimate of drug-likeness (QED) is 0.814. The average molecular weight is 262 g/mol. The summed E-state index contributed by atoms with van der Waals surface area (Å²) in [4.78, 5) is 0. The van der Waals surface area contributed by atoms with Gasteiger partial charge in [0, 0.05) is 13.0 Å². The van der Waals surface area contributed by atoms with Gasteiger partial charge in [-0.15, -0.1) is 0 Å². The second kappa shape index (κ2) is 4.86. The maximum Gasteiger partial charge on any atom is 0.161 e. The molecule has 5 heteroatoms. The van der Waals surface area contributed by atoms with Crippen molar-refractivity contribution in [2.75, 3.05) is 13.2 Å². The molecule has 0 radical (unpaired) electrons. The van der Waals surface area contributed by atoms with E-state index in [1.165, 1.54) is 0 Å². The highest BCUT2D eigenvalue weighted by atomic mass is 32.2.